The largest absolute Gasteiger partial charge is 0.305 e. The third-order valence-corrected chi connectivity index (χ3v) is 5.12. The average Bonchev–Trinajstić information content (AvgIpc) is 3.13. The standard InChI is InChI=1S/C15H21N3S/c1-11-13(10-17-18-11)9-16-15(12-5-2-3-6-12)14-7-4-8-19-14/h4,7-8,10,12,15-16H,2-3,5-6,9H2,1H3,(H,17,18)/t15-/m1/s1. The lowest BCUT2D eigenvalue weighted by Crippen LogP contribution is -2.26. The van der Waals surface area contributed by atoms with Gasteiger partial charge in [0.2, 0.25) is 0 Å². The minimum atomic E-state index is 0.511. The zero-order valence-corrected chi connectivity index (χ0v) is 12.2. The van der Waals surface area contributed by atoms with Crippen molar-refractivity contribution in [2.24, 2.45) is 5.92 Å². The highest BCUT2D eigenvalue weighted by molar-refractivity contribution is 7.10. The van der Waals surface area contributed by atoms with Crippen molar-refractivity contribution in [2.45, 2.75) is 45.2 Å². The van der Waals surface area contributed by atoms with Gasteiger partial charge in [0.1, 0.15) is 0 Å². The van der Waals surface area contributed by atoms with Crippen LogP contribution >= 0.6 is 11.3 Å². The van der Waals surface area contributed by atoms with Crippen molar-refractivity contribution in [3.05, 3.63) is 39.8 Å². The molecule has 1 aliphatic rings. The summed E-state index contributed by atoms with van der Waals surface area (Å²) in [5.41, 5.74) is 2.45. The van der Waals surface area contributed by atoms with Gasteiger partial charge in [-0.25, -0.2) is 0 Å². The third kappa shape index (κ3) is 2.90. The molecule has 2 N–H and O–H groups in total. The summed E-state index contributed by atoms with van der Waals surface area (Å²) in [5.74, 6) is 0.797. The number of nitrogens with one attached hydrogen (secondary N) is 2. The number of aromatic amines is 1. The molecule has 3 nitrogen and oxygen atoms in total. The van der Waals surface area contributed by atoms with Crippen LogP contribution in [0.3, 0.4) is 0 Å². The van der Waals surface area contributed by atoms with Gasteiger partial charge >= 0.3 is 0 Å². The summed E-state index contributed by atoms with van der Waals surface area (Å²) in [7, 11) is 0. The fraction of sp³-hybridized carbons (Fsp3) is 0.533. The molecule has 0 radical (unpaired) electrons. The van der Waals surface area contributed by atoms with E-state index >= 15 is 0 Å². The van der Waals surface area contributed by atoms with Gasteiger partial charge in [0, 0.05) is 28.7 Å². The van der Waals surface area contributed by atoms with Crippen LogP contribution in [0.25, 0.3) is 0 Å². The Morgan fingerprint density at radius 1 is 1.47 bits per heavy atom. The predicted octanol–water partition coefficient (Wildman–Crippen LogP) is 3.80. The summed E-state index contributed by atoms with van der Waals surface area (Å²) < 4.78 is 0. The molecule has 1 atom stereocenters. The summed E-state index contributed by atoms with van der Waals surface area (Å²) in [6.45, 7) is 2.99. The van der Waals surface area contributed by atoms with Crippen molar-refractivity contribution >= 4 is 11.3 Å². The van der Waals surface area contributed by atoms with Gasteiger partial charge in [0.05, 0.1) is 6.20 Å². The number of thiophene rings is 1. The van der Waals surface area contributed by atoms with Crippen LogP contribution in [-0.2, 0) is 6.54 Å². The van der Waals surface area contributed by atoms with Crippen LogP contribution in [0.1, 0.15) is 47.9 Å². The van der Waals surface area contributed by atoms with E-state index in [9.17, 15) is 0 Å². The van der Waals surface area contributed by atoms with Crippen molar-refractivity contribution in [2.75, 3.05) is 0 Å². The molecule has 4 heteroatoms. The van der Waals surface area contributed by atoms with Crippen LogP contribution in [0.5, 0.6) is 0 Å². The van der Waals surface area contributed by atoms with Crippen molar-refractivity contribution in [3.63, 3.8) is 0 Å². The minimum Gasteiger partial charge on any atom is -0.305 e. The number of aromatic nitrogens is 2. The number of aryl methyl sites for hydroxylation is 1. The summed E-state index contributed by atoms with van der Waals surface area (Å²) in [6, 6.07) is 4.94. The topological polar surface area (TPSA) is 40.7 Å². The fourth-order valence-corrected chi connectivity index (χ4v) is 3.93. The zero-order valence-electron chi connectivity index (χ0n) is 11.4. The normalized spacial score (nSPS) is 17.9. The van der Waals surface area contributed by atoms with Crippen molar-refractivity contribution in [3.8, 4) is 0 Å². The molecule has 0 spiro atoms. The first-order valence-electron chi connectivity index (χ1n) is 7.10. The molecule has 1 saturated carbocycles. The van der Waals surface area contributed by atoms with E-state index in [1.54, 1.807) is 0 Å². The second kappa shape index (κ2) is 5.88. The Bertz CT molecular complexity index is 497. The third-order valence-electron chi connectivity index (χ3n) is 4.17. The molecular weight excluding hydrogens is 254 g/mol. The zero-order chi connectivity index (χ0) is 13.1. The monoisotopic (exact) mass is 275 g/mol. The lowest BCUT2D eigenvalue weighted by atomic mass is 9.96. The lowest BCUT2D eigenvalue weighted by molar-refractivity contribution is 0.370. The second-order valence-corrected chi connectivity index (χ2v) is 6.42. The molecule has 2 aromatic rings. The smallest absolute Gasteiger partial charge is 0.0535 e. The highest BCUT2D eigenvalue weighted by Gasteiger charge is 2.26. The van der Waals surface area contributed by atoms with Crippen molar-refractivity contribution < 1.29 is 0 Å². The molecule has 0 bridgehead atoms. The number of rotatable bonds is 5. The van der Waals surface area contributed by atoms with Crippen LogP contribution in [0.2, 0.25) is 0 Å². The molecule has 0 aliphatic heterocycles. The van der Waals surface area contributed by atoms with E-state index in [1.807, 2.05) is 17.5 Å². The van der Waals surface area contributed by atoms with Gasteiger partial charge in [-0.05, 0) is 37.1 Å². The Hall–Kier alpha value is -1.13. The van der Waals surface area contributed by atoms with Crippen LogP contribution in [0.15, 0.2) is 23.7 Å². The van der Waals surface area contributed by atoms with E-state index in [0.717, 1.165) is 12.5 Å². The average molecular weight is 275 g/mol. The maximum atomic E-state index is 4.10. The van der Waals surface area contributed by atoms with Gasteiger partial charge in [0.15, 0.2) is 0 Å². The van der Waals surface area contributed by atoms with Crippen molar-refractivity contribution in [1.82, 2.24) is 15.5 Å². The first kappa shape index (κ1) is 12.9. The molecule has 3 rings (SSSR count). The Kier molecular flexibility index (Phi) is 3.99. The number of hydrogen-bond donors (Lipinski definition) is 2. The molecule has 0 saturated heterocycles. The van der Waals surface area contributed by atoms with E-state index in [0.29, 0.717) is 6.04 Å². The fourth-order valence-electron chi connectivity index (χ4n) is 3.03. The molecule has 0 amide bonds. The summed E-state index contributed by atoms with van der Waals surface area (Å²) in [5, 5.41) is 13.0. The van der Waals surface area contributed by atoms with Gasteiger partial charge < -0.3 is 5.32 Å². The van der Waals surface area contributed by atoms with Gasteiger partial charge in [0.25, 0.3) is 0 Å². The van der Waals surface area contributed by atoms with Gasteiger partial charge in [-0.2, -0.15) is 5.10 Å². The Labute approximate surface area is 118 Å². The lowest BCUT2D eigenvalue weighted by Gasteiger charge is -2.23. The van der Waals surface area contributed by atoms with Gasteiger partial charge in [-0.3, -0.25) is 5.10 Å². The van der Waals surface area contributed by atoms with E-state index < -0.39 is 0 Å². The molecule has 102 valence electrons. The summed E-state index contributed by atoms with van der Waals surface area (Å²) >= 11 is 1.87. The van der Waals surface area contributed by atoms with Crippen LogP contribution < -0.4 is 5.32 Å². The molecule has 19 heavy (non-hydrogen) atoms. The Morgan fingerprint density at radius 2 is 2.32 bits per heavy atom. The molecule has 1 aliphatic carbocycles. The van der Waals surface area contributed by atoms with E-state index in [1.165, 1.54) is 41.8 Å². The maximum absolute atomic E-state index is 4.10. The summed E-state index contributed by atoms with van der Waals surface area (Å²) in [4.78, 5) is 1.48. The van der Waals surface area contributed by atoms with Crippen LogP contribution in [-0.4, -0.2) is 10.2 Å². The van der Waals surface area contributed by atoms with Gasteiger partial charge in [-0.15, -0.1) is 11.3 Å². The summed E-state index contributed by atoms with van der Waals surface area (Å²) in [6.07, 6.45) is 7.43. The molecule has 2 heterocycles. The highest BCUT2D eigenvalue weighted by atomic mass is 32.1. The molecule has 0 aromatic carbocycles. The van der Waals surface area contributed by atoms with Crippen molar-refractivity contribution in [1.29, 1.82) is 0 Å². The predicted molar refractivity (Wildman–Crippen MR) is 79.2 cm³/mol. The number of nitrogens with zero attached hydrogens (tertiary/aromatic N) is 1. The SMILES string of the molecule is Cc1[nH]ncc1CN[C@@H](c1cccs1)C1CCCC1. The molecular formula is C15H21N3S. The Morgan fingerprint density at radius 3 is 2.95 bits per heavy atom. The number of H-pyrrole nitrogens is 1. The van der Waals surface area contributed by atoms with E-state index in [-0.39, 0.29) is 0 Å². The maximum Gasteiger partial charge on any atom is 0.0535 e. The molecule has 1 fully saturated rings. The molecule has 0 unspecified atom stereocenters. The minimum absolute atomic E-state index is 0.511. The number of hydrogen-bond acceptors (Lipinski definition) is 3. The first-order valence-corrected chi connectivity index (χ1v) is 7.98. The van der Waals surface area contributed by atoms with Gasteiger partial charge in [-0.1, -0.05) is 18.9 Å². The quantitative estimate of drug-likeness (QED) is 0.871. The second-order valence-electron chi connectivity index (χ2n) is 5.44. The first-order chi connectivity index (χ1) is 9.34. The van der Waals surface area contributed by atoms with E-state index in [4.69, 9.17) is 0 Å². The van der Waals surface area contributed by atoms with Crippen LogP contribution in [0.4, 0.5) is 0 Å². The Balaban J connectivity index is 1.71. The highest BCUT2D eigenvalue weighted by Crippen LogP contribution is 2.37. The van der Waals surface area contributed by atoms with E-state index in [2.05, 4.69) is 40.0 Å². The van der Waals surface area contributed by atoms with Crippen LogP contribution in [0, 0.1) is 12.8 Å². The molecule has 2 aromatic heterocycles.